The molecule has 1 N–H and O–H groups in total. The third-order valence-electron chi connectivity index (χ3n) is 5.84. The number of allylic oxidation sites excluding steroid dienone is 5. The molecule has 0 saturated heterocycles. The SMILES string of the molecule is COC(CC1=CCC=C(CCCCCCOc2ccc(-c3ccccc3)cc2)C=C1)C(=O)O. The third-order valence-corrected chi connectivity index (χ3v) is 5.84. The van der Waals surface area contributed by atoms with Crippen LogP contribution in [0.4, 0.5) is 0 Å². The molecule has 0 aromatic heterocycles. The van der Waals surface area contributed by atoms with Gasteiger partial charge in [0.15, 0.2) is 6.10 Å². The number of hydrogen-bond acceptors (Lipinski definition) is 3. The Morgan fingerprint density at radius 2 is 1.55 bits per heavy atom. The summed E-state index contributed by atoms with van der Waals surface area (Å²) in [5.74, 6) is 0.00255. The molecular weight excluding hydrogens is 412 g/mol. The van der Waals surface area contributed by atoms with Crippen LogP contribution in [0.25, 0.3) is 11.1 Å². The minimum absolute atomic E-state index is 0.401. The standard InChI is InChI=1S/C29H34O4/c1-32-28(29(30)31)22-24-12-9-11-23(15-16-24)10-5-2-3-8-21-33-27-19-17-26(18-20-27)25-13-6-4-7-14-25/h4,6-7,11-20,28H,2-3,5,8-10,21-22H2,1H3,(H,30,31). The fraction of sp³-hybridized carbons (Fsp3) is 0.345. The lowest BCUT2D eigenvalue weighted by Crippen LogP contribution is -2.22. The first-order valence-corrected chi connectivity index (χ1v) is 11.8. The summed E-state index contributed by atoms with van der Waals surface area (Å²) in [7, 11) is 1.44. The highest BCUT2D eigenvalue weighted by Crippen LogP contribution is 2.23. The number of rotatable bonds is 13. The maximum atomic E-state index is 11.2. The van der Waals surface area contributed by atoms with E-state index in [1.54, 1.807) is 0 Å². The molecule has 0 saturated carbocycles. The van der Waals surface area contributed by atoms with E-state index >= 15 is 0 Å². The van der Waals surface area contributed by atoms with Gasteiger partial charge in [0.2, 0.25) is 0 Å². The van der Waals surface area contributed by atoms with Gasteiger partial charge in [-0.25, -0.2) is 4.79 Å². The van der Waals surface area contributed by atoms with Crippen molar-refractivity contribution >= 4 is 5.97 Å². The molecule has 0 fully saturated rings. The molecular formula is C29H34O4. The highest BCUT2D eigenvalue weighted by atomic mass is 16.5. The number of methoxy groups -OCH3 is 1. The molecule has 33 heavy (non-hydrogen) atoms. The predicted octanol–water partition coefficient (Wildman–Crippen LogP) is 6.99. The predicted molar refractivity (Wildman–Crippen MR) is 133 cm³/mol. The topological polar surface area (TPSA) is 55.8 Å². The Morgan fingerprint density at radius 3 is 2.27 bits per heavy atom. The Hall–Kier alpha value is -3.11. The van der Waals surface area contributed by atoms with Gasteiger partial charge in [-0.3, -0.25) is 0 Å². The number of carboxylic acids is 1. The lowest BCUT2D eigenvalue weighted by atomic mass is 10.0. The zero-order chi connectivity index (χ0) is 23.3. The summed E-state index contributed by atoms with van der Waals surface area (Å²) in [6, 6.07) is 18.7. The first kappa shape index (κ1) is 24.5. The van der Waals surface area contributed by atoms with Crippen LogP contribution >= 0.6 is 0 Å². The molecule has 1 atom stereocenters. The number of carboxylic acid groups (broad SMARTS) is 1. The van der Waals surface area contributed by atoms with Crippen molar-refractivity contribution in [2.75, 3.05) is 13.7 Å². The van der Waals surface area contributed by atoms with Crippen LogP contribution in [0.3, 0.4) is 0 Å². The highest BCUT2D eigenvalue weighted by Gasteiger charge is 2.17. The van der Waals surface area contributed by atoms with Gasteiger partial charge in [0.25, 0.3) is 0 Å². The lowest BCUT2D eigenvalue weighted by molar-refractivity contribution is -0.148. The molecule has 4 heteroatoms. The maximum absolute atomic E-state index is 11.2. The monoisotopic (exact) mass is 446 g/mol. The second-order valence-corrected chi connectivity index (χ2v) is 8.30. The first-order valence-electron chi connectivity index (χ1n) is 11.8. The van der Waals surface area contributed by atoms with Gasteiger partial charge in [-0.2, -0.15) is 0 Å². The molecule has 2 aromatic rings. The van der Waals surface area contributed by atoms with Crippen molar-refractivity contribution in [3.05, 3.63) is 90.0 Å². The van der Waals surface area contributed by atoms with Gasteiger partial charge >= 0.3 is 5.97 Å². The second-order valence-electron chi connectivity index (χ2n) is 8.30. The summed E-state index contributed by atoms with van der Waals surface area (Å²) < 4.78 is 10.9. The highest BCUT2D eigenvalue weighted by molar-refractivity contribution is 5.72. The average Bonchev–Trinajstić information content (AvgIpc) is 3.07. The summed E-state index contributed by atoms with van der Waals surface area (Å²) in [5, 5.41) is 9.15. The van der Waals surface area contributed by atoms with Crippen LogP contribution in [-0.4, -0.2) is 30.9 Å². The lowest BCUT2D eigenvalue weighted by Gasteiger charge is -2.10. The minimum Gasteiger partial charge on any atom is -0.494 e. The van der Waals surface area contributed by atoms with Gasteiger partial charge in [0.05, 0.1) is 6.61 Å². The van der Waals surface area contributed by atoms with Crippen LogP contribution < -0.4 is 4.74 Å². The van der Waals surface area contributed by atoms with E-state index < -0.39 is 12.1 Å². The van der Waals surface area contributed by atoms with E-state index in [4.69, 9.17) is 14.6 Å². The molecule has 0 aliphatic heterocycles. The minimum atomic E-state index is -0.919. The van der Waals surface area contributed by atoms with Gasteiger partial charge in [-0.15, -0.1) is 0 Å². The van der Waals surface area contributed by atoms with Crippen molar-refractivity contribution < 1.29 is 19.4 Å². The molecule has 174 valence electrons. The Kier molecular flexibility index (Phi) is 9.99. The van der Waals surface area contributed by atoms with Crippen molar-refractivity contribution in [1.29, 1.82) is 0 Å². The van der Waals surface area contributed by atoms with Crippen molar-refractivity contribution in [2.45, 2.75) is 51.0 Å². The molecule has 0 bridgehead atoms. The van der Waals surface area contributed by atoms with Crippen molar-refractivity contribution in [3.8, 4) is 16.9 Å². The van der Waals surface area contributed by atoms with Gasteiger partial charge in [0, 0.05) is 13.5 Å². The van der Waals surface area contributed by atoms with Crippen LogP contribution in [-0.2, 0) is 9.53 Å². The third kappa shape index (κ3) is 8.39. The average molecular weight is 447 g/mol. The maximum Gasteiger partial charge on any atom is 0.333 e. The molecule has 0 radical (unpaired) electrons. The molecule has 0 heterocycles. The van der Waals surface area contributed by atoms with Crippen LogP contribution in [0.1, 0.15) is 44.9 Å². The molecule has 1 aliphatic rings. The normalized spacial score (nSPS) is 14.2. The van der Waals surface area contributed by atoms with Gasteiger partial charge in [-0.05, 0) is 54.5 Å². The van der Waals surface area contributed by atoms with Crippen LogP contribution in [0.15, 0.2) is 90.0 Å². The number of carbonyl (C=O) groups is 1. The van der Waals surface area contributed by atoms with Crippen LogP contribution in [0.5, 0.6) is 5.75 Å². The molecule has 0 spiro atoms. The Bertz CT molecular complexity index is 955. The van der Waals surface area contributed by atoms with E-state index in [0.29, 0.717) is 6.42 Å². The summed E-state index contributed by atoms with van der Waals surface area (Å²) in [5.41, 5.74) is 4.76. The van der Waals surface area contributed by atoms with E-state index in [2.05, 4.69) is 54.6 Å². The number of benzene rings is 2. The Morgan fingerprint density at radius 1 is 0.879 bits per heavy atom. The number of hydrogen-bond donors (Lipinski definition) is 1. The van der Waals surface area contributed by atoms with Crippen molar-refractivity contribution in [2.24, 2.45) is 0 Å². The van der Waals surface area contributed by atoms with E-state index in [-0.39, 0.29) is 0 Å². The Labute approximate surface area is 197 Å². The van der Waals surface area contributed by atoms with Crippen LogP contribution in [0, 0.1) is 0 Å². The molecule has 1 unspecified atom stereocenters. The van der Waals surface area contributed by atoms with Crippen LogP contribution in [0.2, 0.25) is 0 Å². The summed E-state index contributed by atoms with van der Waals surface area (Å²) in [6.45, 7) is 0.741. The second kappa shape index (κ2) is 13.4. The Balaban J connectivity index is 1.29. The van der Waals surface area contributed by atoms with Crippen molar-refractivity contribution in [1.82, 2.24) is 0 Å². The number of unbranched alkanes of at least 4 members (excludes halogenated alkanes) is 3. The van der Waals surface area contributed by atoms with E-state index in [1.807, 2.05) is 24.3 Å². The van der Waals surface area contributed by atoms with E-state index in [1.165, 1.54) is 30.2 Å². The quantitative estimate of drug-likeness (QED) is 0.337. The van der Waals surface area contributed by atoms with Gasteiger partial charge in [0.1, 0.15) is 5.75 Å². The largest absolute Gasteiger partial charge is 0.494 e. The summed E-state index contributed by atoms with van der Waals surface area (Å²) in [4.78, 5) is 11.2. The molecule has 2 aromatic carbocycles. The number of ether oxygens (including phenoxy) is 2. The molecule has 4 nitrogen and oxygen atoms in total. The molecule has 1 aliphatic carbocycles. The zero-order valence-corrected chi connectivity index (χ0v) is 19.4. The van der Waals surface area contributed by atoms with Gasteiger partial charge in [-0.1, -0.05) is 85.2 Å². The fourth-order valence-electron chi connectivity index (χ4n) is 3.88. The zero-order valence-electron chi connectivity index (χ0n) is 19.4. The number of aliphatic carboxylic acids is 1. The fourth-order valence-corrected chi connectivity index (χ4v) is 3.88. The van der Waals surface area contributed by atoms with E-state index in [9.17, 15) is 4.79 Å². The molecule has 3 rings (SSSR count). The van der Waals surface area contributed by atoms with E-state index in [0.717, 1.165) is 50.0 Å². The van der Waals surface area contributed by atoms with Crippen molar-refractivity contribution in [3.63, 3.8) is 0 Å². The van der Waals surface area contributed by atoms with Gasteiger partial charge < -0.3 is 14.6 Å². The first-order chi connectivity index (χ1) is 16.2. The molecule has 0 amide bonds. The summed E-state index contributed by atoms with van der Waals surface area (Å²) in [6.07, 6.45) is 14.5. The smallest absolute Gasteiger partial charge is 0.333 e. The summed E-state index contributed by atoms with van der Waals surface area (Å²) >= 11 is 0.